The molecule has 0 fully saturated rings. The summed E-state index contributed by atoms with van der Waals surface area (Å²) in [6, 6.07) is 7.70. The number of hydrogen-bond donors (Lipinski definition) is 0. The molecule has 0 saturated heterocycles. The molecule has 0 N–H and O–H groups in total. The summed E-state index contributed by atoms with van der Waals surface area (Å²) < 4.78 is 16.5. The summed E-state index contributed by atoms with van der Waals surface area (Å²) in [7, 11) is 3.27. The maximum atomic E-state index is 5.93. The molecule has 0 aliphatic heterocycles. The number of aromatic nitrogens is 2. The third-order valence-corrected chi connectivity index (χ3v) is 3.91. The Labute approximate surface area is 149 Å². The van der Waals surface area contributed by atoms with Crippen LogP contribution in [0.3, 0.4) is 0 Å². The smallest absolute Gasteiger partial charge is 0.236 e. The van der Waals surface area contributed by atoms with Crippen molar-refractivity contribution in [2.45, 2.75) is 20.4 Å². The van der Waals surface area contributed by atoms with Crippen LogP contribution in [0, 0.1) is 5.92 Å². The molecule has 1 heterocycles. The molecule has 0 saturated carbocycles. The zero-order valence-electron chi connectivity index (χ0n) is 15.4. The fraction of sp³-hybridized carbons (Fsp3) is 0.474. The van der Waals surface area contributed by atoms with Crippen molar-refractivity contribution in [1.29, 1.82) is 0 Å². The number of nitrogens with zero attached hydrogens (tertiary/aromatic N) is 3. The maximum Gasteiger partial charge on any atom is 0.236 e. The average Bonchev–Trinajstić information content (AvgIpc) is 2.66. The largest absolute Gasteiger partial charge is 0.493 e. The molecule has 2 aromatic rings. The summed E-state index contributed by atoms with van der Waals surface area (Å²) in [5.41, 5.74) is 0.852. The zero-order valence-corrected chi connectivity index (χ0v) is 15.4. The quantitative estimate of drug-likeness (QED) is 0.660. The van der Waals surface area contributed by atoms with Crippen molar-refractivity contribution < 1.29 is 14.2 Å². The van der Waals surface area contributed by atoms with Gasteiger partial charge >= 0.3 is 0 Å². The van der Waals surface area contributed by atoms with E-state index in [2.05, 4.69) is 28.7 Å². The SMILES string of the molecule is CCN(Cc1nccnc1OC)CC(C)COc1ccccc1OC. The lowest BCUT2D eigenvalue weighted by Crippen LogP contribution is -2.31. The van der Waals surface area contributed by atoms with Gasteiger partial charge in [-0.05, 0) is 18.7 Å². The molecule has 1 unspecified atom stereocenters. The summed E-state index contributed by atoms with van der Waals surface area (Å²) in [5, 5.41) is 0. The van der Waals surface area contributed by atoms with Crippen molar-refractivity contribution in [3.8, 4) is 17.4 Å². The number of benzene rings is 1. The van der Waals surface area contributed by atoms with Gasteiger partial charge < -0.3 is 14.2 Å². The first-order valence-electron chi connectivity index (χ1n) is 8.50. The van der Waals surface area contributed by atoms with Crippen LogP contribution in [-0.2, 0) is 6.54 Å². The molecule has 0 spiro atoms. The van der Waals surface area contributed by atoms with Gasteiger partial charge in [0.2, 0.25) is 5.88 Å². The van der Waals surface area contributed by atoms with Crippen molar-refractivity contribution >= 4 is 0 Å². The summed E-state index contributed by atoms with van der Waals surface area (Å²) in [4.78, 5) is 10.9. The van der Waals surface area contributed by atoms with E-state index in [1.54, 1.807) is 26.6 Å². The van der Waals surface area contributed by atoms with E-state index in [9.17, 15) is 0 Å². The molecule has 0 aliphatic carbocycles. The minimum atomic E-state index is 0.354. The highest BCUT2D eigenvalue weighted by atomic mass is 16.5. The topological polar surface area (TPSA) is 56.7 Å². The Bertz CT molecular complexity index is 651. The van der Waals surface area contributed by atoms with Gasteiger partial charge in [-0.2, -0.15) is 0 Å². The van der Waals surface area contributed by atoms with E-state index in [4.69, 9.17) is 14.2 Å². The molecule has 25 heavy (non-hydrogen) atoms. The molecule has 1 aromatic carbocycles. The number of ether oxygens (including phenoxy) is 3. The maximum absolute atomic E-state index is 5.93. The monoisotopic (exact) mass is 345 g/mol. The highest BCUT2D eigenvalue weighted by Gasteiger charge is 2.14. The highest BCUT2D eigenvalue weighted by molar-refractivity contribution is 5.39. The highest BCUT2D eigenvalue weighted by Crippen LogP contribution is 2.26. The summed E-state index contributed by atoms with van der Waals surface area (Å²) >= 11 is 0. The number of hydrogen-bond acceptors (Lipinski definition) is 6. The van der Waals surface area contributed by atoms with Crippen molar-refractivity contribution in [3.63, 3.8) is 0 Å². The molecule has 136 valence electrons. The van der Waals surface area contributed by atoms with Gasteiger partial charge in [0.15, 0.2) is 11.5 Å². The minimum absolute atomic E-state index is 0.354. The van der Waals surface area contributed by atoms with E-state index in [1.165, 1.54) is 0 Å². The Morgan fingerprint density at radius 1 is 1.04 bits per heavy atom. The lowest BCUT2D eigenvalue weighted by molar-refractivity contribution is 0.179. The van der Waals surface area contributed by atoms with Gasteiger partial charge in [-0.15, -0.1) is 0 Å². The van der Waals surface area contributed by atoms with E-state index in [0.29, 0.717) is 24.9 Å². The second-order valence-electron chi connectivity index (χ2n) is 5.91. The van der Waals surface area contributed by atoms with E-state index < -0.39 is 0 Å². The molecule has 1 aromatic heterocycles. The fourth-order valence-corrected chi connectivity index (χ4v) is 2.61. The van der Waals surface area contributed by atoms with Crippen LogP contribution in [0.2, 0.25) is 0 Å². The van der Waals surface area contributed by atoms with Crippen LogP contribution in [0.15, 0.2) is 36.7 Å². The minimum Gasteiger partial charge on any atom is -0.493 e. The predicted molar refractivity (Wildman–Crippen MR) is 97.2 cm³/mol. The van der Waals surface area contributed by atoms with Gasteiger partial charge in [0.05, 0.1) is 20.8 Å². The number of rotatable bonds is 10. The second-order valence-corrected chi connectivity index (χ2v) is 5.91. The summed E-state index contributed by atoms with van der Waals surface area (Å²) in [6.07, 6.45) is 3.34. The van der Waals surface area contributed by atoms with E-state index >= 15 is 0 Å². The molecular weight excluding hydrogens is 318 g/mol. The first-order chi connectivity index (χ1) is 12.2. The zero-order chi connectivity index (χ0) is 18.1. The summed E-state index contributed by atoms with van der Waals surface area (Å²) in [6.45, 7) is 7.44. The third-order valence-electron chi connectivity index (χ3n) is 3.91. The molecule has 0 bridgehead atoms. The van der Waals surface area contributed by atoms with Gasteiger partial charge in [-0.1, -0.05) is 26.0 Å². The van der Waals surface area contributed by atoms with E-state index in [1.807, 2.05) is 24.3 Å². The number of methoxy groups -OCH3 is 2. The Hall–Kier alpha value is -2.34. The second kappa shape index (κ2) is 9.84. The first-order valence-corrected chi connectivity index (χ1v) is 8.50. The molecule has 2 rings (SSSR count). The molecular formula is C19H27N3O3. The average molecular weight is 345 g/mol. The van der Waals surface area contributed by atoms with Gasteiger partial charge in [-0.3, -0.25) is 9.88 Å². The van der Waals surface area contributed by atoms with Crippen LogP contribution >= 0.6 is 0 Å². The predicted octanol–water partition coefficient (Wildman–Crippen LogP) is 3.03. The van der Waals surface area contributed by atoms with Crippen molar-refractivity contribution in [2.75, 3.05) is 33.9 Å². The molecule has 0 radical (unpaired) electrons. The Morgan fingerprint density at radius 3 is 2.44 bits per heavy atom. The van der Waals surface area contributed by atoms with E-state index in [-0.39, 0.29) is 0 Å². The lowest BCUT2D eigenvalue weighted by atomic mass is 10.1. The molecule has 0 aliphatic rings. The standard InChI is InChI=1S/C19H27N3O3/c1-5-22(13-16-19(24-4)21-11-10-20-16)12-15(2)14-25-18-9-7-6-8-17(18)23-3/h6-11,15H,5,12-14H2,1-4H3. The van der Waals surface area contributed by atoms with Crippen molar-refractivity contribution in [1.82, 2.24) is 14.9 Å². The Morgan fingerprint density at radius 2 is 1.76 bits per heavy atom. The molecule has 1 atom stereocenters. The van der Waals surface area contributed by atoms with Crippen LogP contribution in [-0.4, -0.2) is 48.8 Å². The Balaban J connectivity index is 1.90. The first kappa shape index (κ1) is 19.0. The van der Waals surface area contributed by atoms with Gasteiger partial charge in [0.1, 0.15) is 5.69 Å². The molecule has 6 nitrogen and oxygen atoms in total. The van der Waals surface area contributed by atoms with Crippen LogP contribution in [0.1, 0.15) is 19.5 Å². The normalized spacial score (nSPS) is 12.0. The molecule has 0 amide bonds. The Kier molecular flexibility index (Phi) is 7.47. The van der Waals surface area contributed by atoms with E-state index in [0.717, 1.165) is 30.3 Å². The van der Waals surface area contributed by atoms with Crippen LogP contribution < -0.4 is 14.2 Å². The van der Waals surface area contributed by atoms with Crippen LogP contribution in [0.25, 0.3) is 0 Å². The van der Waals surface area contributed by atoms with Gasteiger partial charge in [0.25, 0.3) is 0 Å². The number of para-hydroxylation sites is 2. The van der Waals surface area contributed by atoms with Crippen molar-refractivity contribution in [2.24, 2.45) is 5.92 Å². The van der Waals surface area contributed by atoms with Crippen LogP contribution in [0.4, 0.5) is 0 Å². The molecule has 6 heteroatoms. The van der Waals surface area contributed by atoms with Gasteiger partial charge in [-0.25, -0.2) is 4.98 Å². The lowest BCUT2D eigenvalue weighted by Gasteiger charge is -2.24. The van der Waals surface area contributed by atoms with Crippen molar-refractivity contribution in [3.05, 3.63) is 42.4 Å². The third kappa shape index (κ3) is 5.60. The van der Waals surface area contributed by atoms with Gasteiger partial charge in [0, 0.05) is 31.4 Å². The fourth-order valence-electron chi connectivity index (χ4n) is 2.61. The van der Waals surface area contributed by atoms with Crippen LogP contribution in [0.5, 0.6) is 17.4 Å². The summed E-state index contributed by atoms with van der Waals surface area (Å²) in [5.74, 6) is 2.47.